The molecule has 0 bridgehead atoms. The number of aromatic nitrogens is 1. The van der Waals surface area contributed by atoms with Crippen molar-refractivity contribution in [3.63, 3.8) is 0 Å². The van der Waals surface area contributed by atoms with Crippen LogP contribution in [0.3, 0.4) is 0 Å². The maximum atomic E-state index is 14.8. The quantitative estimate of drug-likeness (QED) is 0.0605. The Hall–Kier alpha value is -4.17. The van der Waals surface area contributed by atoms with E-state index in [0.717, 1.165) is 68.4 Å². The third kappa shape index (κ3) is 14.6. The van der Waals surface area contributed by atoms with E-state index in [1.165, 1.54) is 19.1 Å². The molecule has 0 spiro atoms. The van der Waals surface area contributed by atoms with Crippen LogP contribution in [0.1, 0.15) is 133 Å². The fourth-order valence-corrected chi connectivity index (χ4v) is 8.11. The molecule has 1 aliphatic heterocycles. The number of halogens is 1. The van der Waals surface area contributed by atoms with E-state index in [2.05, 4.69) is 29.1 Å². The van der Waals surface area contributed by atoms with Gasteiger partial charge in [-0.05, 0) is 76.2 Å². The summed E-state index contributed by atoms with van der Waals surface area (Å²) in [4.78, 5) is 74.8. The molecule has 2 aromatic rings. The van der Waals surface area contributed by atoms with Gasteiger partial charge in [0.1, 0.15) is 22.6 Å². The van der Waals surface area contributed by atoms with Gasteiger partial charge in [0, 0.05) is 31.3 Å². The fraction of sp³-hybridized carbons (Fsp3) is 0.628. The number of aliphatic carboxylic acids is 1. The average Bonchev–Trinajstić information content (AvgIpc) is 3.67. The Morgan fingerprint density at radius 1 is 1.05 bits per heavy atom. The van der Waals surface area contributed by atoms with Crippen molar-refractivity contribution in [2.45, 2.75) is 142 Å². The lowest BCUT2D eigenvalue weighted by molar-refractivity contribution is -0.148. The number of rotatable bonds is 23. The summed E-state index contributed by atoms with van der Waals surface area (Å²) in [7, 11) is 1.94. The first kappa shape index (κ1) is 47.2. The maximum Gasteiger partial charge on any atom is 0.306 e. The summed E-state index contributed by atoms with van der Waals surface area (Å²) in [5.41, 5.74) is 1.46. The molecule has 1 aliphatic rings. The van der Waals surface area contributed by atoms with Crippen molar-refractivity contribution < 1.29 is 38.2 Å². The molecule has 3 rings (SSSR count). The van der Waals surface area contributed by atoms with Crippen molar-refractivity contribution in [2.75, 3.05) is 20.1 Å². The summed E-state index contributed by atoms with van der Waals surface area (Å²) >= 11 is 1.14. The molecular weight excluding hydrogens is 750 g/mol. The van der Waals surface area contributed by atoms with Crippen LogP contribution in [0.5, 0.6) is 0 Å². The predicted molar refractivity (Wildman–Crippen MR) is 220 cm³/mol. The molecule has 1 aromatic carbocycles. The Kier molecular flexibility index (Phi) is 19.3. The van der Waals surface area contributed by atoms with Crippen molar-refractivity contribution in [3.8, 4) is 0 Å². The van der Waals surface area contributed by atoms with E-state index in [1.807, 2.05) is 32.7 Å². The molecule has 2 heterocycles. The number of likely N-dealkylation sites (tertiary alicyclic amines) is 1. The number of carbonyl (C=O) groups is 5. The van der Waals surface area contributed by atoms with E-state index in [4.69, 9.17) is 4.74 Å². The lowest BCUT2D eigenvalue weighted by atomic mass is 9.93. The minimum absolute atomic E-state index is 0.0610. The van der Waals surface area contributed by atoms with Crippen LogP contribution in [0.2, 0.25) is 0 Å². The Balaban J connectivity index is 1.93. The summed E-state index contributed by atoms with van der Waals surface area (Å²) in [6.07, 6.45) is 6.61. The second-order valence-electron chi connectivity index (χ2n) is 15.7. The number of nitrogens with one attached hydrogen (secondary N) is 2. The normalized spacial score (nSPS) is 17.6. The number of ether oxygens (including phenoxy) is 1. The second kappa shape index (κ2) is 23.3. The van der Waals surface area contributed by atoms with Gasteiger partial charge in [0.15, 0.2) is 6.10 Å². The highest BCUT2D eigenvalue weighted by atomic mass is 32.1. The monoisotopic (exact) mass is 813 g/mol. The molecule has 316 valence electrons. The van der Waals surface area contributed by atoms with E-state index in [-0.39, 0.29) is 48.7 Å². The first-order chi connectivity index (χ1) is 27.1. The molecule has 12 nitrogen and oxygen atoms in total. The van der Waals surface area contributed by atoms with Gasteiger partial charge < -0.3 is 25.4 Å². The smallest absolute Gasteiger partial charge is 0.306 e. The molecular formula is C43H64FN5O7S. The zero-order chi connectivity index (χ0) is 42.2. The number of likely N-dealkylation sites (N-methyl/N-ethyl adjacent to an activating group) is 1. The van der Waals surface area contributed by atoms with Crippen molar-refractivity contribution in [1.82, 2.24) is 25.4 Å². The number of hydrogen-bond acceptors (Lipinski definition) is 9. The van der Waals surface area contributed by atoms with Gasteiger partial charge in [-0.15, -0.1) is 11.3 Å². The number of carboxylic acid groups (broad SMARTS) is 1. The summed E-state index contributed by atoms with van der Waals surface area (Å²) in [5.74, 6) is -3.81. The van der Waals surface area contributed by atoms with E-state index in [1.54, 1.807) is 29.3 Å². The van der Waals surface area contributed by atoms with Gasteiger partial charge in [0.2, 0.25) is 11.8 Å². The number of amides is 3. The molecule has 3 amide bonds. The largest absolute Gasteiger partial charge is 0.481 e. The van der Waals surface area contributed by atoms with Crippen LogP contribution in [0.25, 0.3) is 0 Å². The number of nitrogens with zero attached hydrogens (tertiary/aromatic N) is 3. The minimum Gasteiger partial charge on any atom is -0.481 e. The van der Waals surface area contributed by atoms with Gasteiger partial charge in [-0.1, -0.05) is 84.1 Å². The predicted octanol–water partition coefficient (Wildman–Crippen LogP) is 7.10. The molecule has 1 fully saturated rings. The second-order valence-corrected chi connectivity index (χ2v) is 16.6. The minimum atomic E-state index is -1.01. The summed E-state index contributed by atoms with van der Waals surface area (Å²) in [5, 5.41) is 17.5. The van der Waals surface area contributed by atoms with Crippen LogP contribution in [-0.4, -0.2) is 93.9 Å². The number of esters is 1. The topological polar surface area (TPSA) is 158 Å². The molecule has 14 heteroatoms. The number of carboxylic acids is 1. The van der Waals surface area contributed by atoms with Crippen molar-refractivity contribution in [3.05, 3.63) is 63.9 Å². The highest BCUT2D eigenvalue weighted by Gasteiger charge is 2.38. The van der Waals surface area contributed by atoms with Gasteiger partial charge >= 0.3 is 11.9 Å². The summed E-state index contributed by atoms with van der Waals surface area (Å²) < 4.78 is 19.4. The fourth-order valence-electron chi connectivity index (χ4n) is 7.27. The van der Waals surface area contributed by atoms with E-state index in [0.29, 0.717) is 23.5 Å². The molecule has 57 heavy (non-hydrogen) atoms. The van der Waals surface area contributed by atoms with Gasteiger partial charge in [-0.3, -0.25) is 28.9 Å². The van der Waals surface area contributed by atoms with Crippen molar-refractivity contribution in [1.29, 1.82) is 0 Å². The highest BCUT2D eigenvalue weighted by molar-refractivity contribution is 7.09. The summed E-state index contributed by atoms with van der Waals surface area (Å²) in [6, 6.07) is 3.53. The number of unbranched alkanes of at least 4 members (excludes halogenated alkanes) is 3. The SMILES string of the molecule is C=C(C)[C@@H](C[C@@H](OC(C)=O)c1nc(C(=O)N[C@@H](Cc2ccc(F)cc2)C[C@H](C)C(=O)O)cs1)N(CCCCCC)C(=O)[C@@H](NC(=O)[C@H]1CCCCN1C)[C@@H](C)CC. The average molecular weight is 814 g/mol. The molecule has 0 aliphatic carbocycles. The third-order valence-electron chi connectivity index (χ3n) is 10.9. The van der Waals surface area contributed by atoms with Crippen LogP contribution in [0.15, 0.2) is 41.8 Å². The zero-order valence-corrected chi connectivity index (χ0v) is 35.7. The molecule has 3 N–H and O–H groups in total. The number of benzene rings is 1. The lowest BCUT2D eigenvalue weighted by Crippen LogP contribution is -2.58. The molecule has 7 atom stereocenters. The van der Waals surface area contributed by atoms with Gasteiger partial charge in [-0.2, -0.15) is 0 Å². The molecule has 0 saturated carbocycles. The highest BCUT2D eigenvalue weighted by Crippen LogP contribution is 2.32. The van der Waals surface area contributed by atoms with Crippen LogP contribution >= 0.6 is 11.3 Å². The molecule has 1 aromatic heterocycles. The molecule has 0 radical (unpaired) electrons. The van der Waals surface area contributed by atoms with E-state index in [9.17, 15) is 33.5 Å². The number of hydrogen-bond donors (Lipinski definition) is 3. The van der Waals surface area contributed by atoms with Gasteiger partial charge in [-0.25, -0.2) is 9.37 Å². The number of piperidine rings is 1. The van der Waals surface area contributed by atoms with Crippen molar-refractivity contribution >= 4 is 41.0 Å². The Labute approximate surface area is 342 Å². The van der Waals surface area contributed by atoms with Gasteiger partial charge in [0.05, 0.1) is 18.0 Å². The standard InChI is InChI=1S/C43H64FN5O7S/c1-9-11-12-14-22-49(42(53)38(28(5)10-2)47-40(52)35-16-13-15-21-48(35)8)36(27(3)4)25-37(56-30(7)50)41-46-34(26-57-41)39(51)45-33(23-29(6)43(54)55)24-31-17-19-32(44)20-18-31/h17-20,26,28-29,33,35-38H,3,9-16,21-25H2,1-2,4-8H3,(H,45,51)(H,47,52)(H,54,55)/t28-,29-,33+,35+,36+,37+,38-/m0/s1. The van der Waals surface area contributed by atoms with Gasteiger partial charge in [0.25, 0.3) is 5.91 Å². The van der Waals surface area contributed by atoms with Crippen LogP contribution in [0, 0.1) is 17.7 Å². The Morgan fingerprint density at radius 3 is 2.35 bits per heavy atom. The Morgan fingerprint density at radius 2 is 1.75 bits per heavy atom. The number of thiazole rings is 1. The third-order valence-corrected chi connectivity index (χ3v) is 11.8. The number of carbonyl (C=O) groups excluding carboxylic acids is 4. The molecule has 0 unspecified atom stereocenters. The Bertz CT molecular complexity index is 1650. The molecule has 1 saturated heterocycles. The maximum absolute atomic E-state index is 14.8. The van der Waals surface area contributed by atoms with E-state index < -0.39 is 53.8 Å². The first-order valence-corrected chi connectivity index (χ1v) is 21.3. The van der Waals surface area contributed by atoms with Crippen LogP contribution in [-0.2, 0) is 30.3 Å². The zero-order valence-electron chi connectivity index (χ0n) is 34.9. The van der Waals surface area contributed by atoms with E-state index >= 15 is 0 Å². The first-order valence-electron chi connectivity index (χ1n) is 20.4. The van der Waals surface area contributed by atoms with Crippen LogP contribution in [0.4, 0.5) is 4.39 Å². The van der Waals surface area contributed by atoms with Crippen LogP contribution < -0.4 is 10.6 Å². The summed E-state index contributed by atoms with van der Waals surface area (Å²) in [6.45, 7) is 16.2. The lowest BCUT2D eigenvalue weighted by Gasteiger charge is -2.39. The van der Waals surface area contributed by atoms with Crippen molar-refractivity contribution in [2.24, 2.45) is 11.8 Å².